The molecule has 4 rings (SSSR count). The van der Waals surface area contributed by atoms with Crippen LogP contribution in [0.15, 0.2) is 0 Å². The van der Waals surface area contributed by atoms with E-state index in [9.17, 15) is 0 Å². The van der Waals surface area contributed by atoms with Crippen LogP contribution < -0.4 is 5.32 Å². The molecule has 4 aliphatic heterocycles. The van der Waals surface area contributed by atoms with Crippen molar-refractivity contribution in [2.45, 2.75) is 75.9 Å². The van der Waals surface area contributed by atoms with Crippen molar-refractivity contribution < 1.29 is 0 Å². The van der Waals surface area contributed by atoms with E-state index >= 15 is 0 Å². The highest BCUT2D eigenvalue weighted by Crippen LogP contribution is 2.33. The molecule has 3 heteroatoms. The molecule has 4 fully saturated rings. The lowest BCUT2D eigenvalue weighted by Crippen LogP contribution is -2.41. The Balaban J connectivity index is 1.20. The van der Waals surface area contributed by atoms with Gasteiger partial charge in [-0.1, -0.05) is 6.42 Å². The molecular weight excluding hydrogens is 258 g/mol. The molecule has 4 saturated heterocycles. The second-order valence-electron chi connectivity index (χ2n) is 8.10. The van der Waals surface area contributed by atoms with Gasteiger partial charge >= 0.3 is 0 Å². The fourth-order valence-electron chi connectivity index (χ4n) is 5.37. The quantitative estimate of drug-likeness (QED) is 0.858. The highest BCUT2D eigenvalue weighted by molar-refractivity contribution is 4.92. The lowest BCUT2D eigenvalue weighted by atomic mass is 9.89. The number of nitrogens with one attached hydrogen (secondary N) is 1. The number of fused-ring (bicyclic) bond motifs is 2. The minimum Gasteiger partial charge on any atom is -0.311 e. The number of piperidine rings is 2. The molecule has 0 aromatic carbocycles. The smallest absolute Gasteiger partial charge is 0.0235 e. The first-order chi connectivity index (χ1) is 10.4. The molecule has 0 amide bonds. The molecule has 0 aliphatic carbocycles. The van der Waals surface area contributed by atoms with Crippen LogP contribution in [0.2, 0.25) is 0 Å². The molecule has 0 aromatic heterocycles. The number of hydrogen-bond donors (Lipinski definition) is 1. The van der Waals surface area contributed by atoms with Crippen molar-refractivity contribution in [3.63, 3.8) is 0 Å². The van der Waals surface area contributed by atoms with E-state index in [1.165, 1.54) is 90.5 Å². The van der Waals surface area contributed by atoms with Crippen molar-refractivity contribution in [1.29, 1.82) is 0 Å². The Kier molecular flexibility index (Phi) is 4.52. The standard InChI is InChI=1S/C18H33N3/c1-2-8-21(9-3-1)18-7-11-20(14-18)10-6-15-12-16-4-5-17(13-15)19-16/h15-19H,1-14H2. The SMILES string of the molecule is C1CCN(C2CCN(CCC3CC4CCC(C3)N4)C2)CC1. The first-order valence-electron chi connectivity index (χ1n) is 9.59. The van der Waals surface area contributed by atoms with Crippen molar-refractivity contribution in [1.82, 2.24) is 15.1 Å². The first-order valence-corrected chi connectivity index (χ1v) is 9.59. The minimum atomic E-state index is 0.869. The first kappa shape index (κ1) is 14.5. The summed E-state index contributed by atoms with van der Waals surface area (Å²) < 4.78 is 0. The molecule has 3 atom stereocenters. The summed E-state index contributed by atoms with van der Waals surface area (Å²) in [4.78, 5) is 5.55. The van der Waals surface area contributed by atoms with E-state index in [0.717, 1.165) is 24.0 Å². The Morgan fingerprint density at radius 2 is 1.62 bits per heavy atom. The van der Waals surface area contributed by atoms with Crippen molar-refractivity contribution in [3.8, 4) is 0 Å². The number of rotatable bonds is 4. The molecule has 1 N–H and O–H groups in total. The third-order valence-electron chi connectivity index (χ3n) is 6.58. The van der Waals surface area contributed by atoms with Crippen LogP contribution >= 0.6 is 0 Å². The van der Waals surface area contributed by atoms with Crippen LogP contribution in [0.1, 0.15) is 57.8 Å². The molecule has 3 unspecified atom stereocenters. The minimum absolute atomic E-state index is 0.869. The van der Waals surface area contributed by atoms with E-state index in [-0.39, 0.29) is 0 Å². The van der Waals surface area contributed by atoms with E-state index in [1.807, 2.05) is 0 Å². The van der Waals surface area contributed by atoms with Gasteiger partial charge in [0.15, 0.2) is 0 Å². The molecule has 3 nitrogen and oxygen atoms in total. The van der Waals surface area contributed by atoms with E-state index in [1.54, 1.807) is 0 Å². The monoisotopic (exact) mass is 291 g/mol. The Labute approximate surface area is 130 Å². The molecular formula is C18H33N3. The van der Waals surface area contributed by atoms with Gasteiger partial charge in [-0.05, 0) is 83.5 Å². The van der Waals surface area contributed by atoms with Crippen LogP contribution in [-0.2, 0) is 0 Å². The summed E-state index contributed by atoms with van der Waals surface area (Å²) in [5.41, 5.74) is 0. The Morgan fingerprint density at radius 1 is 0.857 bits per heavy atom. The highest BCUT2D eigenvalue weighted by Gasteiger charge is 2.34. The largest absolute Gasteiger partial charge is 0.311 e. The predicted octanol–water partition coefficient (Wildman–Crippen LogP) is 2.47. The maximum atomic E-state index is 3.78. The van der Waals surface area contributed by atoms with Crippen LogP contribution in [0.4, 0.5) is 0 Å². The van der Waals surface area contributed by atoms with Crippen LogP contribution in [0.3, 0.4) is 0 Å². The Bertz CT molecular complexity index is 327. The highest BCUT2D eigenvalue weighted by atomic mass is 15.3. The zero-order chi connectivity index (χ0) is 14.1. The molecule has 120 valence electrons. The molecule has 0 aromatic rings. The van der Waals surface area contributed by atoms with Crippen LogP contribution in [0.25, 0.3) is 0 Å². The topological polar surface area (TPSA) is 18.5 Å². The van der Waals surface area contributed by atoms with Gasteiger partial charge in [-0.15, -0.1) is 0 Å². The second kappa shape index (κ2) is 6.55. The normalized spacial score (nSPS) is 41.7. The van der Waals surface area contributed by atoms with Crippen molar-refractivity contribution in [3.05, 3.63) is 0 Å². The summed E-state index contributed by atoms with van der Waals surface area (Å²) in [6.07, 6.45) is 13.0. The third kappa shape index (κ3) is 3.46. The summed E-state index contributed by atoms with van der Waals surface area (Å²) in [5, 5.41) is 3.78. The number of nitrogens with zero attached hydrogens (tertiary/aromatic N) is 2. The molecule has 4 heterocycles. The van der Waals surface area contributed by atoms with Crippen molar-refractivity contribution >= 4 is 0 Å². The zero-order valence-corrected chi connectivity index (χ0v) is 13.6. The summed E-state index contributed by atoms with van der Waals surface area (Å²) in [7, 11) is 0. The fraction of sp³-hybridized carbons (Fsp3) is 1.00. The van der Waals surface area contributed by atoms with Crippen LogP contribution in [0.5, 0.6) is 0 Å². The summed E-state index contributed by atoms with van der Waals surface area (Å²) in [6.45, 7) is 6.83. The van der Waals surface area contributed by atoms with Crippen molar-refractivity contribution in [2.24, 2.45) is 5.92 Å². The fourth-order valence-corrected chi connectivity index (χ4v) is 5.37. The summed E-state index contributed by atoms with van der Waals surface area (Å²) in [5.74, 6) is 1.01. The van der Waals surface area contributed by atoms with Gasteiger partial charge in [0.2, 0.25) is 0 Å². The second-order valence-corrected chi connectivity index (χ2v) is 8.10. The third-order valence-corrected chi connectivity index (χ3v) is 6.58. The van der Waals surface area contributed by atoms with Gasteiger partial charge in [-0.3, -0.25) is 4.90 Å². The number of hydrogen-bond acceptors (Lipinski definition) is 3. The van der Waals surface area contributed by atoms with E-state index in [4.69, 9.17) is 0 Å². The molecule has 0 spiro atoms. The average molecular weight is 291 g/mol. The van der Waals surface area contributed by atoms with Gasteiger partial charge in [-0.2, -0.15) is 0 Å². The van der Waals surface area contributed by atoms with Gasteiger partial charge in [0.25, 0.3) is 0 Å². The van der Waals surface area contributed by atoms with Gasteiger partial charge in [-0.25, -0.2) is 0 Å². The molecule has 4 aliphatic rings. The van der Waals surface area contributed by atoms with E-state index < -0.39 is 0 Å². The van der Waals surface area contributed by atoms with Gasteiger partial charge < -0.3 is 10.2 Å². The lowest BCUT2D eigenvalue weighted by molar-refractivity contribution is 0.159. The van der Waals surface area contributed by atoms with Crippen LogP contribution in [0, 0.1) is 5.92 Å². The molecule has 0 saturated carbocycles. The number of likely N-dealkylation sites (tertiary alicyclic amines) is 2. The van der Waals surface area contributed by atoms with E-state index in [0.29, 0.717) is 0 Å². The van der Waals surface area contributed by atoms with E-state index in [2.05, 4.69) is 15.1 Å². The Morgan fingerprint density at radius 3 is 2.38 bits per heavy atom. The van der Waals surface area contributed by atoms with Crippen LogP contribution in [-0.4, -0.2) is 60.6 Å². The summed E-state index contributed by atoms with van der Waals surface area (Å²) >= 11 is 0. The van der Waals surface area contributed by atoms with Gasteiger partial charge in [0.05, 0.1) is 0 Å². The van der Waals surface area contributed by atoms with Gasteiger partial charge in [0, 0.05) is 24.7 Å². The lowest BCUT2D eigenvalue weighted by Gasteiger charge is -2.33. The molecule has 0 radical (unpaired) electrons. The maximum absolute atomic E-state index is 3.78. The Hall–Kier alpha value is -0.120. The van der Waals surface area contributed by atoms with Gasteiger partial charge in [0.1, 0.15) is 0 Å². The maximum Gasteiger partial charge on any atom is 0.0235 e. The average Bonchev–Trinajstić information content (AvgIpc) is 3.13. The molecule has 21 heavy (non-hydrogen) atoms. The summed E-state index contributed by atoms with van der Waals surface area (Å²) in [6, 6.07) is 2.62. The predicted molar refractivity (Wildman–Crippen MR) is 87.6 cm³/mol. The zero-order valence-electron chi connectivity index (χ0n) is 13.6. The molecule has 2 bridgehead atoms. The van der Waals surface area contributed by atoms with Crippen molar-refractivity contribution in [2.75, 3.05) is 32.7 Å².